The van der Waals surface area contributed by atoms with Crippen LogP contribution in [0.15, 0.2) is 28.2 Å². The van der Waals surface area contributed by atoms with E-state index in [4.69, 9.17) is 9.47 Å². The molecule has 1 N–H and O–H groups in total. The zero-order chi connectivity index (χ0) is 23.0. The fourth-order valence-corrected chi connectivity index (χ4v) is 4.34. The van der Waals surface area contributed by atoms with Crippen molar-refractivity contribution in [3.05, 3.63) is 18.2 Å². The molecule has 1 saturated carbocycles. The van der Waals surface area contributed by atoms with Gasteiger partial charge in [-0.1, -0.05) is 16.8 Å². The zero-order valence-corrected chi connectivity index (χ0v) is 19.1. The summed E-state index contributed by atoms with van der Waals surface area (Å²) in [4.78, 5) is 48.1. The van der Waals surface area contributed by atoms with Gasteiger partial charge in [0, 0.05) is 12.0 Å². The Hall–Kier alpha value is -3.21. The van der Waals surface area contributed by atoms with E-state index in [1.807, 2.05) is 0 Å². The van der Waals surface area contributed by atoms with Gasteiger partial charge in [-0.15, -0.1) is 0 Å². The van der Waals surface area contributed by atoms with Crippen molar-refractivity contribution in [2.75, 3.05) is 39.4 Å². The summed E-state index contributed by atoms with van der Waals surface area (Å²) in [5.74, 6) is 0.866. The number of hydrogen-bond acceptors (Lipinski definition) is 8. The lowest BCUT2D eigenvalue weighted by atomic mass is 10.0. The molecule has 2 heterocycles. The van der Waals surface area contributed by atoms with Gasteiger partial charge in [0.15, 0.2) is 5.92 Å². The van der Waals surface area contributed by atoms with Gasteiger partial charge in [-0.2, -0.15) is 9.48 Å². The minimum absolute atomic E-state index is 0.0321. The Morgan fingerprint density at radius 1 is 1.25 bits per heavy atom. The SMILES string of the molecule is COc1ccc(NC(=O)CSC2=NC(C3CC3)=NC3=[N+](C)C(=O)N(C)C(=O)C23)c(OC)c1. The maximum atomic E-state index is 12.9. The number of imide groups is 1. The molecule has 4 amide bonds. The number of thioether (sulfide) groups is 1. The van der Waals surface area contributed by atoms with E-state index in [1.165, 1.54) is 30.5 Å². The Bertz CT molecular complexity index is 1090. The highest BCUT2D eigenvalue weighted by molar-refractivity contribution is 8.14. The molecular weight excluding hydrogens is 434 g/mol. The number of nitrogens with zero attached hydrogens (tertiary/aromatic N) is 4. The summed E-state index contributed by atoms with van der Waals surface area (Å²) in [7, 11) is 6.09. The molecule has 32 heavy (non-hydrogen) atoms. The molecule has 1 unspecified atom stereocenters. The second-order valence-electron chi connectivity index (χ2n) is 7.63. The molecule has 0 saturated heterocycles. The first kappa shape index (κ1) is 22.0. The van der Waals surface area contributed by atoms with Gasteiger partial charge < -0.3 is 14.8 Å². The number of fused-ring (bicyclic) bond motifs is 1. The molecule has 2 aliphatic heterocycles. The van der Waals surface area contributed by atoms with E-state index in [-0.39, 0.29) is 17.6 Å². The fourth-order valence-electron chi connectivity index (χ4n) is 3.46. The Kier molecular flexibility index (Phi) is 6.00. The van der Waals surface area contributed by atoms with Crippen molar-refractivity contribution in [3.8, 4) is 11.5 Å². The normalized spacial score (nSPS) is 20.5. The van der Waals surface area contributed by atoms with Crippen LogP contribution in [0, 0.1) is 11.8 Å². The average molecular weight is 459 g/mol. The first-order valence-corrected chi connectivity index (χ1v) is 11.1. The molecule has 1 atom stereocenters. The third kappa shape index (κ3) is 4.12. The number of amidine groups is 2. The highest BCUT2D eigenvalue weighted by Gasteiger charge is 2.50. The Morgan fingerprint density at radius 2 is 2.00 bits per heavy atom. The molecule has 1 aromatic carbocycles. The third-order valence-electron chi connectivity index (χ3n) is 5.43. The second-order valence-corrected chi connectivity index (χ2v) is 8.62. The fraction of sp³-hybridized carbons (Fsp3) is 0.429. The molecule has 3 aliphatic rings. The molecule has 0 spiro atoms. The van der Waals surface area contributed by atoms with Crippen LogP contribution in [0.4, 0.5) is 10.5 Å². The second kappa shape index (κ2) is 8.73. The van der Waals surface area contributed by atoms with Gasteiger partial charge in [-0.25, -0.2) is 9.79 Å². The van der Waals surface area contributed by atoms with Crippen LogP contribution in [0.5, 0.6) is 11.5 Å². The van der Waals surface area contributed by atoms with Crippen LogP contribution >= 0.6 is 11.8 Å². The van der Waals surface area contributed by atoms with Crippen molar-refractivity contribution < 1.29 is 28.4 Å². The van der Waals surface area contributed by atoms with Gasteiger partial charge in [0.1, 0.15) is 16.5 Å². The quantitative estimate of drug-likeness (QED) is 0.651. The Labute approximate surface area is 189 Å². The van der Waals surface area contributed by atoms with Crippen molar-refractivity contribution >= 4 is 52.0 Å². The minimum atomic E-state index is -0.793. The van der Waals surface area contributed by atoms with E-state index in [0.717, 1.165) is 17.7 Å². The van der Waals surface area contributed by atoms with Crippen LogP contribution in [0.2, 0.25) is 0 Å². The molecule has 1 aliphatic carbocycles. The molecule has 10 nitrogen and oxygen atoms in total. The first-order chi connectivity index (χ1) is 15.3. The van der Waals surface area contributed by atoms with E-state index in [9.17, 15) is 14.4 Å². The number of aliphatic imine (C=N–C) groups is 2. The third-order valence-corrected chi connectivity index (χ3v) is 6.46. The molecule has 0 bridgehead atoms. The largest absolute Gasteiger partial charge is 0.497 e. The maximum absolute atomic E-state index is 12.9. The highest BCUT2D eigenvalue weighted by atomic mass is 32.2. The summed E-state index contributed by atoms with van der Waals surface area (Å²) < 4.78 is 11.9. The van der Waals surface area contributed by atoms with Crippen molar-refractivity contribution in [1.29, 1.82) is 0 Å². The summed E-state index contributed by atoms with van der Waals surface area (Å²) in [6, 6.07) is 4.66. The maximum Gasteiger partial charge on any atom is 0.445 e. The summed E-state index contributed by atoms with van der Waals surface area (Å²) in [6.07, 6.45) is 1.95. The topological polar surface area (TPSA) is 113 Å². The number of urea groups is 1. The van der Waals surface area contributed by atoms with Gasteiger partial charge in [0.05, 0.1) is 39.8 Å². The molecule has 0 aromatic heterocycles. The lowest BCUT2D eigenvalue weighted by molar-refractivity contribution is -0.407. The summed E-state index contributed by atoms with van der Waals surface area (Å²) >= 11 is 1.17. The van der Waals surface area contributed by atoms with Gasteiger partial charge >= 0.3 is 11.9 Å². The lowest BCUT2D eigenvalue weighted by Gasteiger charge is -2.26. The number of amides is 4. The Balaban J connectivity index is 1.53. The average Bonchev–Trinajstić information content (AvgIpc) is 3.65. The lowest BCUT2D eigenvalue weighted by Crippen LogP contribution is -2.54. The summed E-state index contributed by atoms with van der Waals surface area (Å²) in [5, 5.41) is 3.29. The first-order valence-electron chi connectivity index (χ1n) is 10.1. The predicted octanol–water partition coefficient (Wildman–Crippen LogP) is 1.85. The number of rotatable bonds is 6. The summed E-state index contributed by atoms with van der Waals surface area (Å²) in [5.41, 5.74) is 0.510. The predicted molar refractivity (Wildman–Crippen MR) is 121 cm³/mol. The van der Waals surface area contributed by atoms with Crippen LogP contribution in [0.1, 0.15) is 12.8 Å². The van der Waals surface area contributed by atoms with Crippen molar-refractivity contribution in [1.82, 2.24) is 4.90 Å². The van der Waals surface area contributed by atoms with Gasteiger partial charge in [0.2, 0.25) is 11.7 Å². The van der Waals surface area contributed by atoms with Crippen molar-refractivity contribution in [3.63, 3.8) is 0 Å². The zero-order valence-electron chi connectivity index (χ0n) is 18.2. The minimum Gasteiger partial charge on any atom is -0.497 e. The van der Waals surface area contributed by atoms with E-state index < -0.39 is 17.9 Å². The number of nitrogens with one attached hydrogen (secondary N) is 1. The highest BCUT2D eigenvalue weighted by Crippen LogP contribution is 2.35. The van der Waals surface area contributed by atoms with Gasteiger partial charge in [-0.3, -0.25) is 9.59 Å². The standard InChI is InChI=1S/C21H23N5O5S/c1-25-18-16(20(28)26(2)21(25)29)19(24-17(23-18)11-5-6-11)32-10-15(27)22-13-8-7-12(30-3)9-14(13)31-4/h7-9,11,16H,5-6,10H2,1-4H3/p+1. The van der Waals surface area contributed by atoms with E-state index >= 15 is 0 Å². The summed E-state index contributed by atoms with van der Waals surface area (Å²) in [6.45, 7) is 0. The molecule has 4 rings (SSSR count). The van der Waals surface area contributed by atoms with Gasteiger partial charge in [0.25, 0.3) is 5.84 Å². The van der Waals surface area contributed by atoms with Crippen LogP contribution in [0.3, 0.4) is 0 Å². The number of hydrogen-bond donors (Lipinski definition) is 1. The number of carbonyl (C=O) groups is 3. The molecule has 1 aromatic rings. The number of carbonyl (C=O) groups excluding carboxylic acids is 3. The molecule has 168 valence electrons. The monoisotopic (exact) mass is 458 g/mol. The molecule has 11 heteroatoms. The number of anilines is 1. The molecule has 1 fully saturated rings. The number of ether oxygens (including phenoxy) is 2. The van der Waals surface area contributed by atoms with Gasteiger partial charge in [-0.05, 0) is 25.0 Å². The molecular formula is C21H24N5O5S+. The van der Waals surface area contributed by atoms with Crippen LogP contribution in [-0.2, 0) is 9.59 Å². The van der Waals surface area contributed by atoms with Crippen LogP contribution in [-0.4, -0.2) is 78.1 Å². The van der Waals surface area contributed by atoms with E-state index in [2.05, 4.69) is 15.3 Å². The van der Waals surface area contributed by atoms with E-state index in [0.29, 0.717) is 33.9 Å². The Morgan fingerprint density at radius 3 is 2.66 bits per heavy atom. The number of benzene rings is 1. The smallest absolute Gasteiger partial charge is 0.445 e. The van der Waals surface area contributed by atoms with Crippen molar-refractivity contribution in [2.24, 2.45) is 21.8 Å². The number of methoxy groups -OCH3 is 2. The van der Waals surface area contributed by atoms with E-state index in [1.54, 1.807) is 32.4 Å². The van der Waals surface area contributed by atoms with Crippen molar-refractivity contribution in [2.45, 2.75) is 12.8 Å². The van der Waals surface area contributed by atoms with Crippen LogP contribution < -0.4 is 14.8 Å². The molecule has 0 radical (unpaired) electrons. The van der Waals surface area contributed by atoms with Crippen LogP contribution in [0.25, 0.3) is 0 Å².